The summed E-state index contributed by atoms with van der Waals surface area (Å²) in [7, 11) is 1.45. The summed E-state index contributed by atoms with van der Waals surface area (Å²) in [4.78, 5) is 33.3. The number of nitro groups is 1. The average molecular weight is 393 g/mol. The van der Waals surface area contributed by atoms with Crippen LogP contribution in [0.5, 0.6) is 0 Å². The van der Waals surface area contributed by atoms with Crippen LogP contribution in [-0.2, 0) is 25.2 Å². The molecule has 0 saturated heterocycles. The van der Waals surface area contributed by atoms with Crippen molar-refractivity contribution in [2.24, 2.45) is 0 Å². The molecule has 1 atom stereocenters. The van der Waals surface area contributed by atoms with E-state index >= 15 is 0 Å². The van der Waals surface area contributed by atoms with E-state index in [9.17, 15) is 32.9 Å². The summed E-state index contributed by atoms with van der Waals surface area (Å²) in [5.74, 6) is -1.49. The molecule has 0 spiro atoms. The van der Waals surface area contributed by atoms with Gasteiger partial charge in [-0.05, 0) is 19.1 Å². The van der Waals surface area contributed by atoms with Crippen molar-refractivity contribution in [2.75, 3.05) is 32.1 Å². The lowest BCUT2D eigenvalue weighted by Crippen LogP contribution is -2.38. The summed E-state index contributed by atoms with van der Waals surface area (Å²) in [6.45, 7) is 1.22. The second-order valence-electron chi connectivity index (χ2n) is 5.26. The van der Waals surface area contributed by atoms with Crippen LogP contribution < -0.4 is 10.6 Å². The summed E-state index contributed by atoms with van der Waals surface area (Å²) < 4.78 is 47.5. The smallest absolute Gasteiger partial charge is 0.416 e. The van der Waals surface area contributed by atoms with E-state index in [1.165, 1.54) is 14.0 Å². The zero-order valence-corrected chi connectivity index (χ0v) is 14.5. The molecular weight excluding hydrogens is 375 g/mol. The van der Waals surface area contributed by atoms with Crippen molar-refractivity contribution < 1.29 is 37.2 Å². The second kappa shape index (κ2) is 9.71. The predicted octanol–water partition coefficient (Wildman–Crippen LogP) is 1.72. The molecule has 0 saturated carbocycles. The third-order valence-electron chi connectivity index (χ3n) is 3.23. The van der Waals surface area contributed by atoms with Crippen molar-refractivity contribution in [1.29, 1.82) is 0 Å². The second-order valence-corrected chi connectivity index (χ2v) is 5.26. The van der Waals surface area contributed by atoms with Crippen molar-refractivity contribution in [2.45, 2.75) is 19.2 Å². The molecule has 0 fully saturated rings. The summed E-state index contributed by atoms with van der Waals surface area (Å²) >= 11 is 0. The first-order valence-electron chi connectivity index (χ1n) is 7.62. The molecule has 27 heavy (non-hydrogen) atoms. The molecule has 0 radical (unpaired) electrons. The average Bonchev–Trinajstić information content (AvgIpc) is 2.58. The highest BCUT2D eigenvalue weighted by Gasteiger charge is 2.33. The van der Waals surface area contributed by atoms with Gasteiger partial charge in [0.05, 0.1) is 17.1 Å². The number of hydrogen-bond acceptors (Lipinski definition) is 7. The summed E-state index contributed by atoms with van der Waals surface area (Å²) in [5.41, 5.74) is -2.33. The normalized spacial score (nSPS) is 12.2. The maximum Gasteiger partial charge on any atom is 0.416 e. The van der Waals surface area contributed by atoms with E-state index in [1.54, 1.807) is 0 Å². The third kappa shape index (κ3) is 7.09. The Morgan fingerprint density at radius 2 is 2.00 bits per heavy atom. The molecule has 2 N–H and O–H groups in total. The van der Waals surface area contributed by atoms with Crippen LogP contribution in [0.4, 0.5) is 24.5 Å². The Kier molecular flexibility index (Phi) is 7.97. The zero-order chi connectivity index (χ0) is 20.6. The molecule has 0 bridgehead atoms. The van der Waals surface area contributed by atoms with Crippen LogP contribution in [0, 0.1) is 10.1 Å². The van der Waals surface area contributed by atoms with E-state index in [-0.39, 0.29) is 18.8 Å². The van der Waals surface area contributed by atoms with Gasteiger partial charge >= 0.3 is 12.1 Å². The number of nitro benzene ring substituents is 1. The van der Waals surface area contributed by atoms with Crippen molar-refractivity contribution in [3.8, 4) is 0 Å². The van der Waals surface area contributed by atoms with Gasteiger partial charge in [0.25, 0.3) is 11.6 Å². The predicted molar refractivity (Wildman–Crippen MR) is 87.0 cm³/mol. The molecule has 0 aliphatic carbocycles. The molecule has 9 nitrogen and oxygen atoms in total. The fourth-order valence-electron chi connectivity index (χ4n) is 1.89. The van der Waals surface area contributed by atoms with Gasteiger partial charge in [-0.2, -0.15) is 13.2 Å². The number of halogens is 3. The SMILES string of the molecule is COCCNC(=O)[C@@H](C)OC(=O)CNc1ccc(C(F)(F)F)cc1[N+](=O)[O-]. The molecule has 0 aliphatic heterocycles. The van der Waals surface area contributed by atoms with E-state index in [1.807, 2.05) is 0 Å². The Labute approximate surface area is 152 Å². The highest BCUT2D eigenvalue weighted by atomic mass is 19.4. The minimum absolute atomic E-state index is 0.215. The van der Waals surface area contributed by atoms with Gasteiger partial charge in [0.15, 0.2) is 6.10 Å². The van der Waals surface area contributed by atoms with Crippen LogP contribution in [0.3, 0.4) is 0 Å². The van der Waals surface area contributed by atoms with Gasteiger partial charge in [0, 0.05) is 19.7 Å². The first-order valence-corrected chi connectivity index (χ1v) is 7.62. The zero-order valence-electron chi connectivity index (χ0n) is 14.5. The monoisotopic (exact) mass is 393 g/mol. The lowest BCUT2D eigenvalue weighted by molar-refractivity contribution is -0.384. The summed E-state index contributed by atoms with van der Waals surface area (Å²) in [6.07, 6.45) is -5.87. The minimum Gasteiger partial charge on any atom is -0.451 e. The Morgan fingerprint density at radius 3 is 2.56 bits per heavy atom. The number of rotatable bonds is 9. The highest BCUT2D eigenvalue weighted by molar-refractivity contribution is 5.84. The highest BCUT2D eigenvalue weighted by Crippen LogP contribution is 2.34. The number of hydrogen-bond donors (Lipinski definition) is 2. The van der Waals surface area contributed by atoms with Gasteiger partial charge < -0.3 is 20.1 Å². The van der Waals surface area contributed by atoms with Crippen LogP contribution in [0.1, 0.15) is 12.5 Å². The van der Waals surface area contributed by atoms with Gasteiger partial charge in [-0.1, -0.05) is 0 Å². The Balaban J connectivity index is 2.68. The molecule has 0 heterocycles. The number of anilines is 1. The number of ether oxygens (including phenoxy) is 2. The largest absolute Gasteiger partial charge is 0.451 e. The number of esters is 1. The Bertz CT molecular complexity index is 696. The van der Waals surface area contributed by atoms with Crippen LogP contribution >= 0.6 is 0 Å². The first-order chi connectivity index (χ1) is 12.6. The molecule has 1 aromatic rings. The molecule has 0 unspecified atom stereocenters. The van der Waals surface area contributed by atoms with Crippen molar-refractivity contribution in [1.82, 2.24) is 5.32 Å². The topological polar surface area (TPSA) is 120 Å². The number of methoxy groups -OCH3 is 1. The van der Waals surface area contributed by atoms with Crippen LogP contribution in [-0.4, -0.2) is 49.7 Å². The van der Waals surface area contributed by atoms with Crippen LogP contribution in [0.2, 0.25) is 0 Å². The summed E-state index contributed by atoms with van der Waals surface area (Å²) in [6, 6.07) is 1.85. The van der Waals surface area contributed by atoms with E-state index in [0.717, 1.165) is 6.07 Å². The standard InChI is InChI=1S/C15H18F3N3O6/c1-9(14(23)19-5-6-26-2)27-13(22)8-20-11-4-3-10(15(16,17)18)7-12(11)21(24)25/h3-4,7,9,20H,5-6,8H2,1-2H3,(H,19,23)/t9-/m1/s1. The fraction of sp³-hybridized carbons (Fsp3) is 0.467. The van der Waals surface area contributed by atoms with E-state index in [0.29, 0.717) is 12.1 Å². The molecule has 0 aromatic heterocycles. The number of carbonyl (C=O) groups excluding carboxylic acids is 2. The number of nitrogens with zero attached hydrogens (tertiary/aromatic N) is 1. The molecule has 1 rings (SSSR count). The van der Waals surface area contributed by atoms with Gasteiger partial charge in [-0.3, -0.25) is 19.7 Å². The fourth-order valence-corrected chi connectivity index (χ4v) is 1.89. The van der Waals surface area contributed by atoms with Crippen molar-refractivity contribution in [3.05, 3.63) is 33.9 Å². The number of benzene rings is 1. The quantitative estimate of drug-likeness (QED) is 0.284. The molecule has 12 heteroatoms. The van der Waals surface area contributed by atoms with Gasteiger partial charge in [0.1, 0.15) is 12.2 Å². The van der Waals surface area contributed by atoms with E-state index in [2.05, 4.69) is 10.6 Å². The molecule has 1 amide bonds. The lowest BCUT2D eigenvalue weighted by atomic mass is 10.1. The lowest BCUT2D eigenvalue weighted by Gasteiger charge is -2.14. The Morgan fingerprint density at radius 1 is 1.33 bits per heavy atom. The molecule has 0 aliphatic rings. The van der Waals surface area contributed by atoms with E-state index in [4.69, 9.17) is 9.47 Å². The van der Waals surface area contributed by atoms with Crippen LogP contribution in [0.25, 0.3) is 0 Å². The molecular formula is C15H18F3N3O6. The van der Waals surface area contributed by atoms with Crippen molar-refractivity contribution in [3.63, 3.8) is 0 Å². The van der Waals surface area contributed by atoms with Crippen molar-refractivity contribution >= 4 is 23.3 Å². The van der Waals surface area contributed by atoms with Gasteiger partial charge in [0.2, 0.25) is 0 Å². The minimum atomic E-state index is -4.74. The number of amides is 1. The van der Waals surface area contributed by atoms with Gasteiger partial charge in [-0.15, -0.1) is 0 Å². The maximum atomic E-state index is 12.6. The molecule has 1 aromatic carbocycles. The first kappa shape index (κ1) is 22.2. The Hall–Kier alpha value is -2.89. The summed E-state index contributed by atoms with van der Waals surface area (Å²) in [5, 5.41) is 15.7. The molecule has 150 valence electrons. The van der Waals surface area contributed by atoms with Crippen LogP contribution in [0.15, 0.2) is 18.2 Å². The maximum absolute atomic E-state index is 12.6. The third-order valence-corrected chi connectivity index (χ3v) is 3.23. The number of nitrogens with one attached hydrogen (secondary N) is 2. The number of carbonyl (C=O) groups is 2. The number of alkyl halides is 3. The van der Waals surface area contributed by atoms with E-state index < -0.39 is 46.9 Å². The van der Waals surface area contributed by atoms with Gasteiger partial charge in [-0.25, -0.2) is 0 Å².